The number of rotatable bonds is 37. The van der Waals surface area contributed by atoms with Gasteiger partial charge >= 0.3 is 95.5 Å². The number of nitrogens with zero attached hydrogens (tertiary/aromatic N) is 1. The van der Waals surface area contributed by atoms with Crippen molar-refractivity contribution < 1.29 is 185 Å². The van der Waals surface area contributed by atoms with E-state index < -0.39 is 187 Å². The van der Waals surface area contributed by atoms with Gasteiger partial charge in [0.15, 0.2) is 11.6 Å². The molecule has 0 radical (unpaired) electrons. The summed E-state index contributed by atoms with van der Waals surface area (Å²) in [6.07, 6.45) is 2.59. The van der Waals surface area contributed by atoms with Crippen LogP contribution in [0.25, 0.3) is 0 Å². The molecule has 0 saturated carbocycles. The number of fused-ring (bicyclic) bond motifs is 5. The summed E-state index contributed by atoms with van der Waals surface area (Å²) in [5.74, 6) is -8.37. The number of ketones is 5. The number of sulfonamides is 2. The van der Waals surface area contributed by atoms with E-state index in [4.69, 9.17) is 66.3 Å². The van der Waals surface area contributed by atoms with Crippen molar-refractivity contribution in [3.8, 4) is 28.7 Å². The van der Waals surface area contributed by atoms with Gasteiger partial charge < -0.3 is 106 Å². The fourth-order valence-electron chi connectivity index (χ4n) is 14.4. The van der Waals surface area contributed by atoms with Gasteiger partial charge in [-0.15, -0.1) is 11.3 Å². The number of benzene rings is 5. The van der Waals surface area contributed by atoms with Crippen molar-refractivity contribution in [3.63, 3.8) is 0 Å². The lowest BCUT2D eigenvalue weighted by Crippen LogP contribution is -2.37. The summed E-state index contributed by atoms with van der Waals surface area (Å²) in [4.78, 5) is 184. The first kappa shape index (κ1) is 119. The van der Waals surface area contributed by atoms with Crippen LogP contribution in [0.5, 0.6) is 28.7 Å². The summed E-state index contributed by atoms with van der Waals surface area (Å²) in [6.45, 7) is 16.9. The zero-order valence-corrected chi connectivity index (χ0v) is 85.2. The summed E-state index contributed by atoms with van der Waals surface area (Å²) >= 11 is 1.51. The number of carbonyl (C=O) groups excluding carboxylic acids is 15. The predicted molar refractivity (Wildman–Crippen MR) is 521 cm³/mol. The van der Waals surface area contributed by atoms with Crippen LogP contribution in [0.2, 0.25) is 29.1 Å². The first-order valence-electron chi connectivity index (χ1n) is 45.9. The molecular formula is C93H120B5N5O39S3. The molecule has 2 amide bonds. The minimum Gasteiger partial charge on any atom is -0.535 e. The van der Waals surface area contributed by atoms with Crippen molar-refractivity contribution >= 4 is 156 Å². The number of nitrogens with two attached hydrogens (primary N) is 1. The highest BCUT2D eigenvalue weighted by Gasteiger charge is 2.45. The molecule has 11 rings (SSSR count). The molecule has 5 aromatic carbocycles. The van der Waals surface area contributed by atoms with Gasteiger partial charge in [0.25, 0.3) is 0 Å². The maximum Gasteiger partial charge on any atom is 0.526 e. The lowest BCUT2D eigenvalue weighted by molar-refractivity contribution is -0.162. The van der Waals surface area contributed by atoms with Gasteiger partial charge in [-0.25, -0.2) is 60.3 Å². The second-order valence-electron chi connectivity index (χ2n) is 36.7. The monoisotopic (exact) mass is 2080 g/mol. The third-order valence-electron chi connectivity index (χ3n) is 22.2. The normalized spacial score (nSPS) is 15.8. The molecule has 0 saturated heterocycles. The molecule has 145 heavy (non-hydrogen) atoms. The number of methoxy groups -OCH3 is 2. The molecular weight excluding hydrogens is 1960 g/mol. The van der Waals surface area contributed by atoms with Crippen LogP contribution < -0.4 is 43.8 Å². The summed E-state index contributed by atoms with van der Waals surface area (Å²) < 4.78 is 123. The molecule has 6 aromatic rings. The molecule has 10 N–H and O–H groups in total. The second-order valence-corrected chi connectivity index (χ2v) is 41.5. The van der Waals surface area contributed by atoms with Gasteiger partial charge in [-0.1, -0.05) is 60.7 Å². The zero-order chi connectivity index (χ0) is 108. The molecule has 52 heteroatoms. The Kier molecular flexibility index (Phi) is 45.7. The van der Waals surface area contributed by atoms with E-state index in [-0.39, 0.29) is 175 Å². The van der Waals surface area contributed by atoms with Crippen LogP contribution in [0.3, 0.4) is 0 Å². The maximum absolute atomic E-state index is 12.5. The van der Waals surface area contributed by atoms with Crippen molar-refractivity contribution in [3.05, 3.63) is 163 Å². The Morgan fingerprint density at radius 1 is 0.400 bits per heavy atom. The Labute approximate surface area is 844 Å². The first-order chi connectivity index (χ1) is 68.2. The molecule has 5 aliphatic heterocycles. The van der Waals surface area contributed by atoms with Crippen LogP contribution in [0, 0.1) is 16.2 Å². The Morgan fingerprint density at radius 2 is 0.662 bits per heavy atom. The van der Waals surface area contributed by atoms with Crippen molar-refractivity contribution in [1.29, 1.82) is 0 Å². The van der Waals surface area contributed by atoms with Crippen LogP contribution in [0.15, 0.2) is 103 Å². The van der Waals surface area contributed by atoms with Crippen LogP contribution in [-0.4, -0.2) is 251 Å². The number of primary sulfonamides is 1. The fourth-order valence-corrected chi connectivity index (χ4v) is 16.2. The summed E-state index contributed by atoms with van der Waals surface area (Å²) in [5.41, 5.74) is 3.58. The van der Waals surface area contributed by atoms with Gasteiger partial charge in [0, 0.05) is 91.5 Å². The number of Topliss-reactive ketones (excluding diaryl/α,β-unsaturated/α-hetero) is 5. The fraction of sp³-hybridized carbons (Fsp3) is 0.484. The van der Waals surface area contributed by atoms with Gasteiger partial charge in [-0.2, -0.15) is 0 Å². The lowest BCUT2D eigenvalue weighted by Gasteiger charge is -2.28. The standard InChI is InChI=1S/C22H26BNO7S.C20H28BNO9S.C20H26BNO9.C16H20BNO7.C15H20BNO7S/c1-22(2,3)21(27)30-13-29-20(26)18-6-4-5-14-9-15(23(28)31-19(14)18)10-16(25)7-8-17-11-24-12-32-17;1-20(2,3)19(25)30-12-29-18(24)16-7-5-6-13-10-14(21(26)31-17(13)16)11-15(23)8-9-32(27,28)22-4;1-20(2,3)18(25)30-11-29-17(24)15-7-5-6-12-8-13(21(27)31-16(12)15)9-14(23)10-22-19(26)28-4;1-3-24-15(20)13-6-4-5-10-7-11(17(22)25-14(10)13)8-12(19)9-18-16(21)23-2;1-2-23-15(19)13-5-3-4-10-8-11(16(20)24-14(10)13)9-12(18)6-7-25(17,21)22/h4-6,11-12,15,28H,7-10,13H2,1-3H3;5-7,14,22,26H,8-12H2,1-4H3;5-7,13,27H,8-11H2,1-4H3,(H,22,26);4-6,11,22H,3,7-9H2,1-2H3,(H,18,21);3-5,11,20H,2,6-9H2,1H3,(H2,17,21,22)/t15-;14-;13-;2*11-/m11111/s1. The van der Waals surface area contributed by atoms with Gasteiger partial charge in [-0.05, 0) is 180 Å². The summed E-state index contributed by atoms with van der Waals surface area (Å²) in [7, 11) is -9.97. The molecule has 1 aromatic heterocycles. The molecule has 5 atom stereocenters. The largest absolute Gasteiger partial charge is 0.535 e. The van der Waals surface area contributed by atoms with Gasteiger partial charge in [-0.3, -0.25) is 43.3 Å². The number of hydrogen-bond acceptors (Lipinski definition) is 41. The van der Waals surface area contributed by atoms with Crippen molar-refractivity contribution in [1.82, 2.24) is 20.3 Å². The number of alkyl carbamates (subject to hydrolysis) is 2. The van der Waals surface area contributed by atoms with Crippen LogP contribution >= 0.6 is 11.3 Å². The Hall–Kier alpha value is -12.7. The van der Waals surface area contributed by atoms with E-state index in [1.807, 2.05) is 0 Å². The van der Waals surface area contributed by atoms with E-state index in [2.05, 4.69) is 29.8 Å². The van der Waals surface area contributed by atoms with E-state index in [0.29, 0.717) is 54.4 Å². The van der Waals surface area contributed by atoms with Gasteiger partial charge in [0.2, 0.25) is 40.4 Å². The SMILES string of the molecule is CC(C)(C)C(=O)OCOC(=O)c1cccc2c1OB(O)[C@@H](CC(=O)CCc1cncs1)C2.CCOC(=O)c1cccc2c1OB(O)[C@@H](CC(=O)CCS(N)(=O)=O)C2.CCOC(=O)c1cccc2c1OB(O)[C@@H](CC(=O)CNC(=O)OC)C2.CNS(=O)(=O)CCC(=O)C[C@H]1Cc2cccc(C(=O)OCOC(=O)C(C)(C)C)c2OB1O.COC(=O)NCC(=O)C[C@H]1Cc2cccc(C(=O)OCOC(=O)C(C)(C)C)c2OB1O. The van der Waals surface area contributed by atoms with Crippen LogP contribution in [0.1, 0.15) is 212 Å². The Morgan fingerprint density at radius 3 is 0.903 bits per heavy atom. The number of ether oxygens (including phenoxy) is 10. The van der Waals surface area contributed by atoms with E-state index in [1.165, 1.54) is 50.8 Å². The highest BCUT2D eigenvalue weighted by atomic mass is 32.2. The van der Waals surface area contributed by atoms with E-state index in [9.17, 15) is 114 Å². The van der Waals surface area contributed by atoms with Crippen molar-refractivity contribution in [2.75, 3.05) is 79.5 Å². The summed E-state index contributed by atoms with van der Waals surface area (Å²) in [6, 6.07) is 24.5. The number of aromatic nitrogens is 1. The topological polar surface area (TPSA) is 639 Å². The molecule has 0 spiro atoms. The number of esters is 8. The Bertz CT molecular complexity index is 5840. The Balaban J connectivity index is 0.000000247. The second kappa shape index (κ2) is 55.6. The lowest BCUT2D eigenvalue weighted by atomic mass is 9.64. The van der Waals surface area contributed by atoms with Crippen LogP contribution in [-0.2, 0) is 144 Å². The number of para-hydroxylation sites is 5. The highest BCUT2D eigenvalue weighted by Crippen LogP contribution is 2.43. The molecule has 0 fully saturated rings. The van der Waals surface area contributed by atoms with E-state index >= 15 is 0 Å². The molecule has 0 bridgehead atoms. The smallest absolute Gasteiger partial charge is 0.526 e. The molecule has 44 nitrogen and oxygen atoms in total. The highest BCUT2D eigenvalue weighted by molar-refractivity contribution is 7.89. The van der Waals surface area contributed by atoms with Crippen molar-refractivity contribution in [2.45, 2.75) is 195 Å². The number of aryl methyl sites for hydroxylation is 1. The zero-order valence-electron chi connectivity index (χ0n) is 82.7. The molecule has 5 aliphatic rings. The summed E-state index contributed by atoms with van der Waals surface area (Å²) in [5, 5.41) is 60.9. The third kappa shape index (κ3) is 38.0. The molecule has 0 unspecified atom stereocenters. The average Bonchev–Trinajstić information content (AvgIpc) is 1.70. The minimum atomic E-state index is -3.71. The quantitative estimate of drug-likeness (QED) is 0.00817. The van der Waals surface area contributed by atoms with Gasteiger partial charge in [0.05, 0.1) is 73.8 Å². The predicted octanol–water partition coefficient (Wildman–Crippen LogP) is 7.04. The van der Waals surface area contributed by atoms with E-state index in [0.717, 1.165) is 10.4 Å². The van der Waals surface area contributed by atoms with Gasteiger partial charge in [0.1, 0.15) is 73.9 Å². The molecule has 784 valence electrons. The third-order valence-corrected chi connectivity index (χ3v) is 25.1. The molecule has 6 heterocycles. The first-order valence-corrected chi connectivity index (χ1v) is 50.1. The van der Waals surface area contributed by atoms with E-state index in [1.54, 1.807) is 161 Å². The maximum atomic E-state index is 12.5. The number of hydrogen-bond donors (Lipinski definition) is 9. The number of carbonyl (C=O) groups is 15. The number of amides is 2. The number of nitrogens with one attached hydrogen (secondary N) is 3. The van der Waals surface area contributed by atoms with Crippen LogP contribution in [0.4, 0.5) is 9.59 Å². The minimum absolute atomic E-state index is 0.0221. The number of thiazole rings is 1. The van der Waals surface area contributed by atoms with Crippen molar-refractivity contribution in [2.24, 2.45) is 21.4 Å². The molecule has 0 aliphatic carbocycles. The average molecular weight is 2080 g/mol.